The van der Waals surface area contributed by atoms with E-state index in [-0.39, 0.29) is 0 Å². The third-order valence-electron chi connectivity index (χ3n) is 7.36. The average molecular weight is 390 g/mol. The van der Waals surface area contributed by atoms with Crippen LogP contribution >= 0.6 is 8.15 Å². The SMILES string of the molecule is [B]S12(C)(c3ccccc3Cc3ccccc31)c1ccccc1Cc1ccccc12. The number of rotatable bonds is 0. The quantitative estimate of drug-likeness (QED) is 0.296. The molecule has 0 saturated carbocycles. The maximum absolute atomic E-state index is 8.25. The zero-order valence-corrected chi connectivity index (χ0v) is 17.5. The molecule has 4 aromatic rings. The molecule has 2 aliphatic rings. The molecular weight excluding hydrogens is 367 g/mol. The first-order chi connectivity index (χ1) is 14.0. The molecule has 0 unspecified atom stereocenters. The van der Waals surface area contributed by atoms with Gasteiger partial charge in [-0.1, -0.05) is 97.1 Å². The summed E-state index contributed by atoms with van der Waals surface area (Å²) in [5.41, 5.74) is 5.41. The fourth-order valence-corrected chi connectivity index (χ4v) is 13.4. The van der Waals surface area contributed by atoms with Gasteiger partial charge in [0.05, 0.1) is 0 Å². The second kappa shape index (κ2) is 5.06. The van der Waals surface area contributed by atoms with Gasteiger partial charge in [-0.25, -0.2) is 8.15 Å². The fraction of sp³-hybridized carbons (Fsp3) is 0.111. The maximum Gasteiger partial charge on any atom is 0.142 e. The van der Waals surface area contributed by atoms with Crippen LogP contribution in [0.3, 0.4) is 0 Å². The van der Waals surface area contributed by atoms with Crippen molar-refractivity contribution in [1.29, 1.82) is 0 Å². The van der Waals surface area contributed by atoms with Crippen LogP contribution < -0.4 is 0 Å². The second-order valence-electron chi connectivity index (χ2n) is 8.92. The standard InChI is InChI=1S/C27H23BS/c1-29(28,24-14-6-2-10-20(24)18-21-11-3-7-15-25(21)29)26-16-8-4-12-22(26)19-23-13-5-9-17-27(23)29/h2-17H,18-19H2,1H3. The first-order valence-corrected chi connectivity index (χ1v) is 13.1. The lowest BCUT2D eigenvalue weighted by atomic mass is 10.0. The van der Waals surface area contributed by atoms with Gasteiger partial charge in [0.1, 0.15) is 7.12 Å². The first-order valence-electron chi connectivity index (χ1n) is 10.2. The largest absolute Gasteiger partial charge is 0.222 e. The molecule has 4 aromatic carbocycles. The average Bonchev–Trinajstić information content (AvgIpc) is 2.75. The summed E-state index contributed by atoms with van der Waals surface area (Å²) in [7, 11) is 4.50. The van der Waals surface area contributed by atoms with Gasteiger partial charge in [-0.2, -0.15) is 0 Å². The van der Waals surface area contributed by atoms with Crippen LogP contribution in [0.15, 0.2) is 117 Å². The van der Waals surface area contributed by atoms with E-state index in [4.69, 9.17) is 7.12 Å². The summed E-state index contributed by atoms with van der Waals surface area (Å²) in [6.45, 7) is 0. The van der Waals surface area contributed by atoms with Crippen molar-refractivity contribution in [1.82, 2.24) is 0 Å². The minimum absolute atomic E-state index is 0.932. The normalized spacial score (nSPS) is 21.1. The van der Waals surface area contributed by atoms with Gasteiger partial charge in [0.15, 0.2) is 0 Å². The van der Waals surface area contributed by atoms with E-state index in [2.05, 4.69) is 103 Å². The molecule has 2 aliphatic heterocycles. The third kappa shape index (κ3) is 1.72. The third-order valence-corrected chi connectivity index (χ3v) is 14.4. The lowest BCUT2D eigenvalue weighted by molar-refractivity contribution is 0.946. The lowest BCUT2D eigenvalue weighted by Gasteiger charge is -2.80. The minimum Gasteiger partial charge on any atom is -0.222 e. The molecule has 2 heteroatoms. The Kier molecular flexibility index (Phi) is 3.00. The van der Waals surface area contributed by atoms with E-state index in [0.29, 0.717) is 0 Å². The van der Waals surface area contributed by atoms with Gasteiger partial charge in [-0.05, 0) is 60.9 Å². The summed E-state index contributed by atoms with van der Waals surface area (Å²) in [5.74, 6) is 0. The van der Waals surface area contributed by atoms with E-state index in [1.54, 1.807) is 0 Å². The van der Waals surface area contributed by atoms with Gasteiger partial charge in [-0.3, -0.25) is 0 Å². The van der Waals surface area contributed by atoms with E-state index in [1.807, 2.05) is 0 Å². The fourth-order valence-electron chi connectivity index (χ4n) is 6.17. The summed E-state index contributed by atoms with van der Waals surface area (Å²) in [5, 5.41) is 0. The van der Waals surface area contributed by atoms with Gasteiger partial charge in [0.2, 0.25) is 0 Å². The molecule has 0 amide bonds. The zero-order valence-electron chi connectivity index (χ0n) is 16.6. The van der Waals surface area contributed by atoms with Crippen LogP contribution in [0.2, 0.25) is 0 Å². The molecule has 6 rings (SSSR count). The van der Waals surface area contributed by atoms with Crippen molar-refractivity contribution in [2.75, 3.05) is 6.26 Å². The van der Waals surface area contributed by atoms with Crippen LogP contribution in [-0.2, 0) is 12.8 Å². The highest BCUT2D eigenvalue weighted by Crippen LogP contribution is 3.04. The molecule has 0 bridgehead atoms. The molecule has 2 heterocycles. The Bertz CT molecular complexity index is 1130. The van der Waals surface area contributed by atoms with Crippen molar-refractivity contribution < 1.29 is 0 Å². The van der Waals surface area contributed by atoms with Crippen LogP contribution in [0, 0.1) is 0 Å². The number of hydrogen-bond donors (Lipinski definition) is 0. The van der Waals surface area contributed by atoms with Gasteiger partial charge in [0.25, 0.3) is 0 Å². The van der Waals surface area contributed by atoms with E-state index in [1.165, 1.54) is 41.8 Å². The number of fused-ring (bicyclic) bond motifs is 8. The highest BCUT2D eigenvalue weighted by molar-refractivity contribution is 8.78. The maximum atomic E-state index is 8.25. The first kappa shape index (κ1) is 17.2. The Morgan fingerprint density at radius 3 is 1.00 bits per heavy atom. The van der Waals surface area contributed by atoms with E-state index >= 15 is 0 Å². The van der Waals surface area contributed by atoms with Gasteiger partial charge in [0, 0.05) is 0 Å². The molecule has 0 aliphatic carbocycles. The smallest absolute Gasteiger partial charge is 0.142 e. The molecule has 1 spiro atoms. The Morgan fingerprint density at radius 2 is 0.724 bits per heavy atom. The van der Waals surface area contributed by atoms with Crippen LogP contribution in [0.25, 0.3) is 0 Å². The molecule has 2 radical (unpaired) electrons. The summed E-state index contributed by atoms with van der Waals surface area (Å²) < 4.78 is 0. The summed E-state index contributed by atoms with van der Waals surface area (Å²) in [6, 6.07) is 35.5. The highest BCUT2D eigenvalue weighted by atomic mass is 32.4. The topological polar surface area (TPSA) is 0 Å². The van der Waals surface area contributed by atoms with Gasteiger partial charge in [-0.15, -0.1) is 0 Å². The Morgan fingerprint density at radius 1 is 0.483 bits per heavy atom. The predicted octanol–water partition coefficient (Wildman–Crippen LogP) is 6.62. The molecule has 0 nitrogen and oxygen atoms in total. The summed E-state index contributed by atoms with van der Waals surface area (Å²) >= 11 is 0. The van der Waals surface area contributed by atoms with Crippen molar-refractivity contribution in [3.8, 4) is 0 Å². The molecule has 0 atom stereocenters. The van der Waals surface area contributed by atoms with Crippen molar-refractivity contribution in [3.63, 3.8) is 0 Å². The van der Waals surface area contributed by atoms with E-state index in [0.717, 1.165) is 12.8 Å². The Balaban J connectivity index is 1.99. The molecule has 140 valence electrons. The van der Waals surface area contributed by atoms with Crippen molar-refractivity contribution in [3.05, 3.63) is 119 Å². The Labute approximate surface area is 173 Å². The van der Waals surface area contributed by atoms with Crippen molar-refractivity contribution >= 4 is 15.3 Å². The highest BCUT2D eigenvalue weighted by Gasteiger charge is 2.63. The Hall–Kier alpha value is -2.71. The summed E-state index contributed by atoms with van der Waals surface area (Å²) in [4.78, 5) is 5.24. The molecular formula is C27H23BS. The van der Waals surface area contributed by atoms with Crippen molar-refractivity contribution in [2.24, 2.45) is 0 Å². The van der Waals surface area contributed by atoms with Gasteiger partial charge >= 0.3 is 0 Å². The zero-order chi connectivity index (χ0) is 19.8. The van der Waals surface area contributed by atoms with Crippen LogP contribution in [0.1, 0.15) is 22.3 Å². The molecule has 0 N–H and O–H groups in total. The molecule has 0 fully saturated rings. The lowest BCUT2D eigenvalue weighted by Crippen LogP contribution is -2.43. The minimum atomic E-state index is -3.75. The second-order valence-corrected chi connectivity index (χ2v) is 15.0. The van der Waals surface area contributed by atoms with E-state index < -0.39 is 8.15 Å². The van der Waals surface area contributed by atoms with Crippen LogP contribution in [0.5, 0.6) is 0 Å². The van der Waals surface area contributed by atoms with Crippen LogP contribution in [-0.4, -0.2) is 13.4 Å². The number of benzene rings is 4. The summed E-state index contributed by atoms with van der Waals surface area (Å²) in [6.07, 6.45) is 4.26. The predicted molar refractivity (Wildman–Crippen MR) is 124 cm³/mol. The molecule has 0 aromatic heterocycles. The molecule has 0 saturated heterocycles. The monoisotopic (exact) mass is 390 g/mol. The molecule has 29 heavy (non-hydrogen) atoms. The number of hydrogen-bond acceptors (Lipinski definition) is 0. The van der Waals surface area contributed by atoms with Crippen molar-refractivity contribution in [2.45, 2.75) is 32.4 Å². The van der Waals surface area contributed by atoms with E-state index in [9.17, 15) is 0 Å². The van der Waals surface area contributed by atoms with Crippen LogP contribution in [0.4, 0.5) is 0 Å². The van der Waals surface area contributed by atoms with Gasteiger partial charge < -0.3 is 0 Å².